The standard InChI is InChI=1S/C10H18F2N2O3S.ClH/c1-3-18(16,17)5-7(2)14-9(15)8-4-10(11,12)6-13-8;/h7-8,13H,3-6H2,1-2H3,(H,14,15);1H. The molecular formula is C10H19ClF2N2O3S. The van der Waals surface area contributed by atoms with Gasteiger partial charge in [-0.1, -0.05) is 6.92 Å². The molecule has 1 fully saturated rings. The molecule has 19 heavy (non-hydrogen) atoms. The first-order chi connectivity index (χ1) is 8.15. The molecule has 1 rings (SSSR count). The Morgan fingerprint density at radius 1 is 1.53 bits per heavy atom. The highest BCUT2D eigenvalue weighted by Gasteiger charge is 2.42. The van der Waals surface area contributed by atoms with Gasteiger partial charge < -0.3 is 5.32 Å². The predicted octanol–water partition coefficient (Wildman–Crippen LogP) is 0.345. The summed E-state index contributed by atoms with van der Waals surface area (Å²) in [6.07, 6.45) is -0.550. The van der Waals surface area contributed by atoms with Gasteiger partial charge in [0.25, 0.3) is 5.92 Å². The van der Waals surface area contributed by atoms with Crippen LogP contribution in [0.3, 0.4) is 0 Å². The summed E-state index contributed by atoms with van der Waals surface area (Å²) in [7, 11) is -3.19. The van der Waals surface area contributed by atoms with Gasteiger partial charge in [0.1, 0.15) is 0 Å². The van der Waals surface area contributed by atoms with Gasteiger partial charge in [0.15, 0.2) is 9.84 Å². The molecule has 0 bridgehead atoms. The molecule has 1 saturated heterocycles. The third-order valence-corrected chi connectivity index (χ3v) is 4.65. The first-order valence-electron chi connectivity index (χ1n) is 5.77. The van der Waals surface area contributed by atoms with Crippen molar-refractivity contribution in [3.8, 4) is 0 Å². The summed E-state index contributed by atoms with van der Waals surface area (Å²) >= 11 is 0. The van der Waals surface area contributed by atoms with Gasteiger partial charge in [0.2, 0.25) is 5.91 Å². The zero-order chi connectivity index (χ0) is 14.0. The van der Waals surface area contributed by atoms with E-state index in [4.69, 9.17) is 0 Å². The van der Waals surface area contributed by atoms with E-state index in [2.05, 4.69) is 10.6 Å². The fraction of sp³-hybridized carbons (Fsp3) is 0.900. The second-order valence-corrected chi connectivity index (χ2v) is 7.00. The summed E-state index contributed by atoms with van der Waals surface area (Å²) in [5.74, 6) is -3.64. The minimum Gasteiger partial charge on any atom is -0.351 e. The van der Waals surface area contributed by atoms with Crippen molar-refractivity contribution in [3.05, 3.63) is 0 Å². The van der Waals surface area contributed by atoms with E-state index in [1.54, 1.807) is 0 Å². The Hall–Kier alpha value is -0.470. The Morgan fingerprint density at radius 3 is 2.53 bits per heavy atom. The zero-order valence-electron chi connectivity index (χ0n) is 10.8. The first kappa shape index (κ1) is 18.5. The van der Waals surface area contributed by atoms with Crippen LogP contribution in [0.15, 0.2) is 0 Å². The van der Waals surface area contributed by atoms with E-state index in [1.807, 2.05) is 0 Å². The third-order valence-electron chi connectivity index (χ3n) is 2.76. The second-order valence-electron chi connectivity index (χ2n) is 4.60. The number of sulfone groups is 1. The van der Waals surface area contributed by atoms with Crippen molar-refractivity contribution in [2.75, 3.05) is 18.1 Å². The van der Waals surface area contributed by atoms with Gasteiger partial charge in [-0.25, -0.2) is 17.2 Å². The smallest absolute Gasteiger partial charge is 0.262 e. The van der Waals surface area contributed by atoms with Crippen LogP contribution in [0, 0.1) is 0 Å². The molecule has 0 aromatic rings. The van der Waals surface area contributed by atoms with Gasteiger partial charge in [0, 0.05) is 18.2 Å². The van der Waals surface area contributed by atoms with Gasteiger partial charge in [0.05, 0.1) is 18.3 Å². The van der Waals surface area contributed by atoms with Crippen molar-refractivity contribution in [3.63, 3.8) is 0 Å². The quantitative estimate of drug-likeness (QED) is 0.766. The minimum atomic E-state index is -3.19. The van der Waals surface area contributed by atoms with Crippen LogP contribution in [0.5, 0.6) is 0 Å². The number of halogens is 3. The monoisotopic (exact) mass is 320 g/mol. The highest BCUT2D eigenvalue weighted by atomic mass is 35.5. The molecule has 0 aliphatic carbocycles. The maximum Gasteiger partial charge on any atom is 0.262 e. The number of carbonyl (C=O) groups excluding carboxylic acids is 1. The lowest BCUT2D eigenvalue weighted by Crippen LogP contribution is -2.46. The van der Waals surface area contributed by atoms with Crippen molar-refractivity contribution in [2.45, 2.75) is 38.3 Å². The molecule has 1 amide bonds. The van der Waals surface area contributed by atoms with E-state index >= 15 is 0 Å². The van der Waals surface area contributed by atoms with Crippen LogP contribution in [0.2, 0.25) is 0 Å². The lowest BCUT2D eigenvalue weighted by atomic mass is 10.2. The van der Waals surface area contributed by atoms with Crippen molar-refractivity contribution in [1.29, 1.82) is 0 Å². The summed E-state index contributed by atoms with van der Waals surface area (Å²) in [5, 5.41) is 4.85. The maximum atomic E-state index is 12.9. The van der Waals surface area contributed by atoms with Gasteiger partial charge >= 0.3 is 0 Å². The molecule has 2 atom stereocenters. The van der Waals surface area contributed by atoms with Gasteiger partial charge in [-0.2, -0.15) is 0 Å². The Morgan fingerprint density at radius 2 is 2.11 bits per heavy atom. The average molecular weight is 321 g/mol. The summed E-state index contributed by atoms with van der Waals surface area (Å²) < 4.78 is 48.4. The molecule has 0 aromatic heterocycles. The molecule has 2 unspecified atom stereocenters. The predicted molar refractivity (Wildman–Crippen MR) is 70.5 cm³/mol. The van der Waals surface area contributed by atoms with E-state index in [0.29, 0.717) is 0 Å². The Balaban J connectivity index is 0.00000324. The molecule has 1 aliphatic rings. The zero-order valence-corrected chi connectivity index (χ0v) is 12.4. The fourth-order valence-corrected chi connectivity index (χ4v) is 2.87. The summed E-state index contributed by atoms with van der Waals surface area (Å²) in [6.45, 7) is 2.54. The molecule has 9 heteroatoms. The molecule has 0 aromatic carbocycles. The van der Waals surface area contributed by atoms with Crippen LogP contribution in [-0.4, -0.2) is 50.4 Å². The summed E-state index contributed by atoms with van der Waals surface area (Å²) in [5.41, 5.74) is 0. The van der Waals surface area contributed by atoms with E-state index in [0.717, 1.165) is 0 Å². The normalized spacial score (nSPS) is 23.5. The Bertz CT molecular complexity index is 417. The van der Waals surface area contributed by atoms with Gasteiger partial charge in [-0.05, 0) is 6.92 Å². The summed E-state index contributed by atoms with van der Waals surface area (Å²) in [6, 6.07) is -1.54. The van der Waals surface area contributed by atoms with E-state index in [9.17, 15) is 22.0 Å². The Labute approximate surface area is 117 Å². The molecule has 0 radical (unpaired) electrons. The number of amides is 1. The van der Waals surface area contributed by atoms with Gasteiger partial charge in [-0.15, -0.1) is 12.4 Å². The number of rotatable bonds is 5. The average Bonchev–Trinajstić information content (AvgIpc) is 2.58. The van der Waals surface area contributed by atoms with E-state index in [-0.39, 0.29) is 23.9 Å². The SMILES string of the molecule is CCS(=O)(=O)CC(C)NC(=O)C1CC(F)(F)CN1.Cl. The van der Waals surface area contributed by atoms with Crippen LogP contribution in [0.1, 0.15) is 20.3 Å². The molecule has 2 N–H and O–H groups in total. The highest BCUT2D eigenvalue weighted by molar-refractivity contribution is 7.91. The topological polar surface area (TPSA) is 75.3 Å². The molecule has 5 nitrogen and oxygen atoms in total. The van der Waals surface area contributed by atoms with E-state index < -0.39 is 46.7 Å². The lowest BCUT2D eigenvalue weighted by molar-refractivity contribution is -0.123. The van der Waals surface area contributed by atoms with Crippen molar-refractivity contribution >= 4 is 28.2 Å². The Kier molecular flexibility index (Phi) is 6.64. The summed E-state index contributed by atoms with van der Waals surface area (Å²) in [4.78, 5) is 11.6. The van der Waals surface area contributed by atoms with Crippen LogP contribution >= 0.6 is 12.4 Å². The number of carbonyl (C=O) groups is 1. The fourth-order valence-electron chi connectivity index (χ4n) is 1.78. The largest absolute Gasteiger partial charge is 0.351 e. The number of hydrogen-bond acceptors (Lipinski definition) is 4. The van der Waals surface area contributed by atoms with Crippen molar-refractivity contribution in [2.24, 2.45) is 0 Å². The van der Waals surface area contributed by atoms with Gasteiger partial charge in [-0.3, -0.25) is 10.1 Å². The van der Waals surface area contributed by atoms with E-state index in [1.165, 1.54) is 13.8 Å². The number of alkyl halides is 2. The maximum absolute atomic E-state index is 12.9. The minimum absolute atomic E-state index is 0. The number of hydrogen-bond donors (Lipinski definition) is 2. The second kappa shape index (κ2) is 6.81. The van der Waals surface area contributed by atoms with Crippen LogP contribution in [0.25, 0.3) is 0 Å². The molecule has 1 aliphatic heterocycles. The highest BCUT2D eigenvalue weighted by Crippen LogP contribution is 2.25. The van der Waals surface area contributed by atoms with Crippen molar-refractivity contribution in [1.82, 2.24) is 10.6 Å². The van der Waals surface area contributed by atoms with Crippen LogP contribution in [-0.2, 0) is 14.6 Å². The number of nitrogens with one attached hydrogen (secondary N) is 2. The van der Waals surface area contributed by atoms with Crippen LogP contribution < -0.4 is 10.6 Å². The lowest BCUT2D eigenvalue weighted by Gasteiger charge is -2.16. The first-order valence-corrected chi connectivity index (χ1v) is 7.59. The molecule has 114 valence electrons. The van der Waals surface area contributed by atoms with Crippen LogP contribution in [0.4, 0.5) is 8.78 Å². The molecule has 1 heterocycles. The molecule has 0 spiro atoms. The van der Waals surface area contributed by atoms with Crippen molar-refractivity contribution < 1.29 is 22.0 Å². The third kappa shape index (κ3) is 6.01. The molecular weight excluding hydrogens is 302 g/mol. The molecule has 0 saturated carbocycles.